The topological polar surface area (TPSA) is 95.9 Å². The van der Waals surface area contributed by atoms with Crippen molar-refractivity contribution in [2.75, 3.05) is 19.4 Å². The molecule has 2 aromatic rings. The minimum Gasteiger partial charge on any atom is -0.388 e. The molecule has 2 saturated heterocycles. The van der Waals surface area contributed by atoms with Crippen molar-refractivity contribution in [1.29, 1.82) is 0 Å². The SMILES string of the molecule is CC(C)CC(N[C@@H](c1ccc(-c2cccc(S(C)(=O)=O)c2)cc1)C(F)(F)F)C(=O)N1C[C@H](F)[C@H]2OC[C@H](O)[C@H]21. The van der Waals surface area contributed by atoms with Gasteiger partial charge >= 0.3 is 6.18 Å². The third-order valence-electron chi connectivity index (χ3n) is 7.10. The Morgan fingerprint density at radius 3 is 2.41 bits per heavy atom. The molecule has 214 valence electrons. The molecule has 2 aliphatic rings. The van der Waals surface area contributed by atoms with Gasteiger partial charge in [0.05, 0.1) is 30.1 Å². The maximum atomic E-state index is 14.5. The minimum atomic E-state index is -4.76. The smallest absolute Gasteiger partial charge is 0.388 e. The highest BCUT2D eigenvalue weighted by Crippen LogP contribution is 2.36. The Balaban J connectivity index is 1.61. The lowest BCUT2D eigenvalue weighted by Crippen LogP contribution is -2.54. The first-order valence-corrected chi connectivity index (χ1v) is 14.5. The number of amides is 1. The number of carbonyl (C=O) groups is 1. The molecule has 4 rings (SSSR count). The first-order chi connectivity index (χ1) is 18.2. The lowest BCUT2D eigenvalue weighted by molar-refractivity contribution is -0.163. The number of nitrogens with zero attached hydrogens (tertiary/aromatic N) is 1. The van der Waals surface area contributed by atoms with Gasteiger partial charge in [-0.2, -0.15) is 13.2 Å². The van der Waals surface area contributed by atoms with Crippen LogP contribution in [-0.4, -0.2) is 80.4 Å². The van der Waals surface area contributed by atoms with Crippen LogP contribution >= 0.6 is 0 Å². The third-order valence-corrected chi connectivity index (χ3v) is 8.21. The average molecular weight is 573 g/mol. The Kier molecular flexibility index (Phi) is 8.42. The summed E-state index contributed by atoms with van der Waals surface area (Å²) in [7, 11) is -3.47. The maximum Gasteiger partial charge on any atom is 0.407 e. The Labute approximate surface area is 225 Å². The quantitative estimate of drug-likeness (QED) is 0.469. The number of ether oxygens (including phenoxy) is 1. The standard InChI is InChI=1S/C27H32F4N2O5S/c1-15(2)11-21(26(35)33-13-20(28)24-23(33)22(34)14-38-24)32-25(27(29,30)31)17-9-7-16(8-10-17)18-5-4-6-19(12-18)39(3,36)37/h4-10,12,15,20-25,32,34H,11,13-14H2,1-3H3/t20-,21?,22-,23+,24+,25-/m0/s1. The number of hydrogen-bond donors (Lipinski definition) is 2. The maximum absolute atomic E-state index is 14.5. The summed E-state index contributed by atoms with van der Waals surface area (Å²) in [6.07, 6.45) is -7.30. The van der Waals surface area contributed by atoms with Crippen LogP contribution in [0.2, 0.25) is 0 Å². The van der Waals surface area contributed by atoms with E-state index in [0.717, 1.165) is 11.2 Å². The summed E-state index contributed by atoms with van der Waals surface area (Å²) in [5, 5.41) is 12.7. The molecule has 1 unspecified atom stereocenters. The fraction of sp³-hybridized carbons (Fsp3) is 0.519. The fourth-order valence-corrected chi connectivity index (χ4v) is 5.91. The monoisotopic (exact) mass is 572 g/mol. The second kappa shape index (κ2) is 11.1. The van der Waals surface area contributed by atoms with Crippen molar-refractivity contribution in [3.8, 4) is 11.1 Å². The highest BCUT2D eigenvalue weighted by atomic mass is 32.2. The van der Waals surface area contributed by atoms with Gasteiger partial charge in [0.25, 0.3) is 0 Å². The van der Waals surface area contributed by atoms with Gasteiger partial charge < -0.3 is 14.7 Å². The predicted molar refractivity (Wildman–Crippen MR) is 136 cm³/mol. The van der Waals surface area contributed by atoms with E-state index in [1.165, 1.54) is 36.4 Å². The summed E-state index contributed by atoms with van der Waals surface area (Å²) in [4.78, 5) is 14.7. The molecule has 2 heterocycles. The van der Waals surface area contributed by atoms with Gasteiger partial charge in [0.2, 0.25) is 5.91 Å². The normalized spacial score (nSPS) is 25.1. The van der Waals surface area contributed by atoms with Crippen molar-refractivity contribution in [2.24, 2.45) is 5.92 Å². The summed E-state index contributed by atoms with van der Waals surface area (Å²) in [6.45, 7) is 3.02. The van der Waals surface area contributed by atoms with Gasteiger partial charge in [-0.15, -0.1) is 0 Å². The van der Waals surface area contributed by atoms with E-state index < -0.39 is 58.4 Å². The lowest BCUT2D eigenvalue weighted by atomic mass is 9.97. The number of halogens is 4. The van der Waals surface area contributed by atoms with Crippen LogP contribution in [0.15, 0.2) is 53.4 Å². The number of fused-ring (bicyclic) bond motifs is 1. The molecule has 7 nitrogen and oxygen atoms in total. The zero-order valence-corrected chi connectivity index (χ0v) is 22.5. The molecular weight excluding hydrogens is 540 g/mol. The fourth-order valence-electron chi connectivity index (χ4n) is 5.25. The van der Waals surface area contributed by atoms with E-state index in [2.05, 4.69) is 5.32 Å². The average Bonchev–Trinajstić information content (AvgIpc) is 3.40. The van der Waals surface area contributed by atoms with Crippen molar-refractivity contribution in [3.05, 3.63) is 54.1 Å². The number of sulfone groups is 1. The predicted octanol–water partition coefficient (Wildman–Crippen LogP) is 3.67. The molecule has 0 saturated carbocycles. The Bertz CT molecular complexity index is 1290. The molecule has 0 aliphatic carbocycles. The van der Waals surface area contributed by atoms with Gasteiger partial charge in [-0.3, -0.25) is 10.1 Å². The van der Waals surface area contributed by atoms with Gasteiger partial charge in [0, 0.05) is 6.26 Å². The Morgan fingerprint density at radius 2 is 1.82 bits per heavy atom. The van der Waals surface area contributed by atoms with Gasteiger partial charge in [-0.1, -0.05) is 50.2 Å². The molecular formula is C27H32F4N2O5S. The van der Waals surface area contributed by atoms with E-state index in [-0.39, 0.29) is 35.9 Å². The molecule has 0 aromatic heterocycles. The molecule has 1 amide bonds. The number of carbonyl (C=O) groups excluding carboxylic acids is 1. The number of alkyl halides is 4. The molecule has 0 spiro atoms. The minimum absolute atomic E-state index is 0.0591. The third kappa shape index (κ3) is 6.45. The Morgan fingerprint density at radius 1 is 1.15 bits per heavy atom. The molecule has 0 radical (unpaired) electrons. The molecule has 6 atom stereocenters. The highest BCUT2D eigenvalue weighted by Gasteiger charge is 2.54. The van der Waals surface area contributed by atoms with Crippen molar-refractivity contribution < 1.29 is 40.6 Å². The highest BCUT2D eigenvalue weighted by molar-refractivity contribution is 7.90. The van der Waals surface area contributed by atoms with E-state index in [9.17, 15) is 35.9 Å². The summed E-state index contributed by atoms with van der Waals surface area (Å²) >= 11 is 0. The first-order valence-electron chi connectivity index (χ1n) is 12.6. The number of aliphatic hydroxyl groups is 1. The van der Waals surface area contributed by atoms with Crippen LogP contribution in [-0.2, 0) is 19.4 Å². The second-order valence-electron chi connectivity index (χ2n) is 10.6. The van der Waals surface area contributed by atoms with Crippen LogP contribution in [0.5, 0.6) is 0 Å². The van der Waals surface area contributed by atoms with E-state index in [1.807, 2.05) is 0 Å². The summed E-state index contributed by atoms with van der Waals surface area (Å²) in [6, 6.07) is 7.13. The second-order valence-corrected chi connectivity index (χ2v) is 12.6. The van der Waals surface area contributed by atoms with Gasteiger partial charge in [-0.25, -0.2) is 12.8 Å². The summed E-state index contributed by atoms with van der Waals surface area (Å²) in [5.41, 5.74) is 0.904. The number of likely N-dealkylation sites (tertiary alicyclic amines) is 1. The molecule has 39 heavy (non-hydrogen) atoms. The molecule has 2 fully saturated rings. The number of hydrogen-bond acceptors (Lipinski definition) is 6. The molecule has 12 heteroatoms. The van der Waals surface area contributed by atoms with Crippen LogP contribution < -0.4 is 5.32 Å². The van der Waals surface area contributed by atoms with Crippen molar-refractivity contribution in [2.45, 2.75) is 67.8 Å². The first kappa shape index (κ1) is 29.4. The largest absolute Gasteiger partial charge is 0.407 e. The van der Waals surface area contributed by atoms with Gasteiger partial charge in [0.1, 0.15) is 24.4 Å². The number of benzene rings is 2. The zero-order chi connectivity index (χ0) is 28.7. The van der Waals surface area contributed by atoms with Crippen LogP contribution in [0.3, 0.4) is 0 Å². The van der Waals surface area contributed by atoms with E-state index >= 15 is 0 Å². The van der Waals surface area contributed by atoms with Crippen LogP contribution in [0.25, 0.3) is 11.1 Å². The van der Waals surface area contributed by atoms with Crippen molar-refractivity contribution >= 4 is 15.7 Å². The Hall–Kier alpha value is -2.54. The van der Waals surface area contributed by atoms with E-state index in [1.54, 1.807) is 26.0 Å². The van der Waals surface area contributed by atoms with E-state index in [0.29, 0.717) is 11.1 Å². The number of rotatable bonds is 8. The van der Waals surface area contributed by atoms with Crippen molar-refractivity contribution in [1.82, 2.24) is 10.2 Å². The zero-order valence-electron chi connectivity index (χ0n) is 21.7. The van der Waals surface area contributed by atoms with Crippen LogP contribution in [0, 0.1) is 5.92 Å². The molecule has 2 aromatic carbocycles. The summed E-state index contributed by atoms with van der Waals surface area (Å²) < 4.78 is 86.5. The van der Waals surface area contributed by atoms with E-state index in [4.69, 9.17) is 4.74 Å². The number of nitrogens with one attached hydrogen (secondary N) is 1. The van der Waals surface area contributed by atoms with Crippen molar-refractivity contribution in [3.63, 3.8) is 0 Å². The lowest BCUT2D eigenvalue weighted by Gasteiger charge is -2.33. The van der Waals surface area contributed by atoms with Gasteiger partial charge in [0.15, 0.2) is 9.84 Å². The molecule has 2 N–H and O–H groups in total. The summed E-state index contributed by atoms with van der Waals surface area (Å²) in [5.74, 6) is -0.874. The molecule has 0 bridgehead atoms. The molecule has 2 aliphatic heterocycles. The van der Waals surface area contributed by atoms with Crippen LogP contribution in [0.1, 0.15) is 31.9 Å². The van der Waals surface area contributed by atoms with Crippen LogP contribution in [0.4, 0.5) is 17.6 Å². The number of aliphatic hydroxyl groups excluding tert-OH is 1. The van der Waals surface area contributed by atoms with Gasteiger partial charge in [-0.05, 0) is 41.2 Å².